The number of aryl methyl sites for hydroxylation is 1. The molecule has 1 aromatic heterocycles. The number of benzene rings is 2. The largest absolute Gasteiger partial charge is 0.495 e. The van der Waals surface area contributed by atoms with E-state index in [9.17, 15) is 13.2 Å². The summed E-state index contributed by atoms with van der Waals surface area (Å²) in [4.78, 5) is 17.8. The molecule has 0 N–H and O–H groups in total. The zero-order chi connectivity index (χ0) is 22.6. The van der Waals surface area contributed by atoms with E-state index in [2.05, 4.69) is 4.99 Å². The molecule has 9 heteroatoms. The molecule has 0 aliphatic rings. The molecular formula is C22H27N3O4S2. The Labute approximate surface area is 186 Å². The smallest absolute Gasteiger partial charge is 0.279 e. The molecule has 0 aliphatic carbocycles. The number of unbranched alkanes of at least 4 members (excludes halogenated alkanes) is 1. The summed E-state index contributed by atoms with van der Waals surface area (Å²) in [6, 6.07) is 11.7. The van der Waals surface area contributed by atoms with Crippen LogP contribution in [0.2, 0.25) is 0 Å². The highest BCUT2D eigenvalue weighted by Crippen LogP contribution is 2.27. The number of thiazole rings is 1. The first-order valence-electron chi connectivity index (χ1n) is 10.1. The molecule has 2 aromatic carbocycles. The lowest BCUT2D eigenvalue weighted by atomic mass is 10.2. The molecule has 0 radical (unpaired) electrons. The number of para-hydroxylation sites is 1. The van der Waals surface area contributed by atoms with Crippen molar-refractivity contribution in [2.75, 3.05) is 20.7 Å². The molecule has 0 atom stereocenters. The number of fused-ring (bicyclic) bond motifs is 1. The highest BCUT2D eigenvalue weighted by molar-refractivity contribution is 7.89. The van der Waals surface area contributed by atoms with Crippen LogP contribution in [0.5, 0.6) is 5.75 Å². The number of sulfonamides is 1. The predicted molar refractivity (Wildman–Crippen MR) is 123 cm³/mol. The summed E-state index contributed by atoms with van der Waals surface area (Å²) in [6.45, 7) is 5.09. The minimum atomic E-state index is -3.57. The van der Waals surface area contributed by atoms with E-state index in [0.717, 1.165) is 28.8 Å². The normalized spacial score (nSPS) is 12.6. The third-order valence-corrected chi connectivity index (χ3v) is 7.95. The van der Waals surface area contributed by atoms with Crippen LogP contribution in [0, 0.1) is 0 Å². The Morgan fingerprint density at radius 2 is 1.87 bits per heavy atom. The number of carbonyl (C=O) groups is 1. The van der Waals surface area contributed by atoms with Gasteiger partial charge in [-0.3, -0.25) is 4.79 Å². The van der Waals surface area contributed by atoms with Gasteiger partial charge in [-0.25, -0.2) is 12.7 Å². The Morgan fingerprint density at radius 3 is 2.48 bits per heavy atom. The van der Waals surface area contributed by atoms with Crippen LogP contribution in [0.3, 0.4) is 0 Å². The molecule has 0 spiro atoms. The fourth-order valence-electron chi connectivity index (χ4n) is 3.24. The molecule has 3 rings (SSSR count). The van der Waals surface area contributed by atoms with Gasteiger partial charge in [-0.05, 0) is 49.7 Å². The number of hydrogen-bond acceptors (Lipinski definition) is 5. The van der Waals surface area contributed by atoms with E-state index in [1.54, 1.807) is 14.2 Å². The van der Waals surface area contributed by atoms with Crippen molar-refractivity contribution in [3.63, 3.8) is 0 Å². The van der Waals surface area contributed by atoms with E-state index in [-0.39, 0.29) is 4.90 Å². The average Bonchev–Trinajstić information content (AvgIpc) is 3.14. The Balaban J connectivity index is 1.94. The monoisotopic (exact) mass is 461 g/mol. The number of amides is 1. The van der Waals surface area contributed by atoms with Gasteiger partial charge in [0.05, 0.1) is 16.7 Å². The minimum Gasteiger partial charge on any atom is -0.495 e. The van der Waals surface area contributed by atoms with Gasteiger partial charge < -0.3 is 9.30 Å². The highest BCUT2D eigenvalue weighted by atomic mass is 32.2. The van der Waals surface area contributed by atoms with E-state index >= 15 is 0 Å². The van der Waals surface area contributed by atoms with Crippen molar-refractivity contribution in [1.29, 1.82) is 0 Å². The molecule has 0 saturated carbocycles. The number of rotatable bonds is 8. The third-order valence-electron chi connectivity index (χ3n) is 5.03. The van der Waals surface area contributed by atoms with E-state index in [4.69, 9.17) is 4.74 Å². The van der Waals surface area contributed by atoms with Gasteiger partial charge in [0, 0.05) is 25.7 Å². The maximum atomic E-state index is 12.8. The van der Waals surface area contributed by atoms with Crippen LogP contribution in [-0.4, -0.2) is 43.9 Å². The predicted octanol–water partition coefficient (Wildman–Crippen LogP) is 3.89. The van der Waals surface area contributed by atoms with Crippen molar-refractivity contribution in [1.82, 2.24) is 8.87 Å². The lowest BCUT2D eigenvalue weighted by Crippen LogP contribution is -2.27. The SMILES string of the molecule is CCCCN(C)S(=O)(=O)c1ccc(C(=O)N=c2sc3cccc(OC)c3n2CC)cc1. The van der Waals surface area contributed by atoms with Gasteiger partial charge in [0.15, 0.2) is 4.80 Å². The molecule has 7 nitrogen and oxygen atoms in total. The van der Waals surface area contributed by atoms with Gasteiger partial charge in [0.1, 0.15) is 11.3 Å². The standard InChI is InChI=1S/C22H27N3O4S2/c1-5-7-15-24(3)31(27,28)17-13-11-16(12-14-17)21(26)23-22-25(6-2)20-18(29-4)9-8-10-19(20)30-22/h8-14H,5-7,15H2,1-4H3. The summed E-state index contributed by atoms with van der Waals surface area (Å²) in [5, 5.41) is 0. The van der Waals surface area contributed by atoms with Crippen molar-refractivity contribution >= 4 is 37.5 Å². The van der Waals surface area contributed by atoms with Crippen LogP contribution in [0.1, 0.15) is 37.0 Å². The number of carbonyl (C=O) groups excluding carboxylic acids is 1. The van der Waals surface area contributed by atoms with E-state index in [1.165, 1.54) is 39.9 Å². The molecular weight excluding hydrogens is 434 g/mol. The summed E-state index contributed by atoms with van der Waals surface area (Å²) in [6.07, 6.45) is 1.71. The fraction of sp³-hybridized carbons (Fsp3) is 0.364. The second-order valence-electron chi connectivity index (χ2n) is 7.06. The fourth-order valence-corrected chi connectivity index (χ4v) is 5.56. The van der Waals surface area contributed by atoms with Gasteiger partial charge >= 0.3 is 0 Å². The number of ether oxygens (including phenoxy) is 1. The van der Waals surface area contributed by atoms with Gasteiger partial charge in [-0.2, -0.15) is 4.99 Å². The molecule has 3 aromatic rings. The summed E-state index contributed by atoms with van der Waals surface area (Å²) in [5.41, 5.74) is 1.24. The van der Waals surface area contributed by atoms with Crippen LogP contribution in [0.25, 0.3) is 10.2 Å². The molecule has 0 aliphatic heterocycles. The second kappa shape index (κ2) is 9.76. The molecule has 0 saturated heterocycles. The molecule has 0 unspecified atom stereocenters. The van der Waals surface area contributed by atoms with Gasteiger partial charge in [-0.1, -0.05) is 30.7 Å². The molecule has 31 heavy (non-hydrogen) atoms. The zero-order valence-corrected chi connectivity index (χ0v) is 19.8. The van der Waals surface area contributed by atoms with Crippen molar-refractivity contribution < 1.29 is 17.9 Å². The van der Waals surface area contributed by atoms with Gasteiger partial charge in [0.2, 0.25) is 10.0 Å². The van der Waals surface area contributed by atoms with Crippen LogP contribution in [0.15, 0.2) is 52.4 Å². The maximum Gasteiger partial charge on any atom is 0.279 e. The number of methoxy groups -OCH3 is 1. The minimum absolute atomic E-state index is 0.165. The second-order valence-corrected chi connectivity index (χ2v) is 10.1. The number of hydrogen-bond donors (Lipinski definition) is 0. The van der Waals surface area contributed by atoms with Crippen molar-refractivity contribution in [2.45, 2.75) is 38.1 Å². The van der Waals surface area contributed by atoms with Crippen molar-refractivity contribution in [2.24, 2.45) is 4.99 Å². The molecule has 1 heterocycles. The van der Waals surface area contributed by atoms with Crippen LogP contribution in [-0.2, 0) is 16.6 Å². The first-order valence-corrected chi connectivity index (χ1v) is 12.4. The molecule has 166 valence electrons. The van der Waals surface area contributed by atoms with E-state index in [1.807, 2.05) is 36.6 Å². The molecule has 0 bridgehead atoms. The summed E-state index contributed by atoms with van der Waals surface area (Å²) in [7, 11) is -0.390. The molecule has 0 fully saturated rings. The lowest BCUT2D eigenvalue weighted by Gasteiger charge is -2.16. The summed E-state index contributed by atoms with van der Waals surface area (Å²) >= 11 is 1.41. The van der Waals surface area contributed by atoms with Crippen LogP contribution < -0.4 is 9.54 Å². The van der Waals surface area contributed by atoms with E-state index in [0.29, 0.717) is 23.5 Å². The van der Waals surface area contributed by atoms with E-state index < -0.39 is 15.9 Å². The zero-order valence-electron chi connectivity index (χ0n) is 18.2. The Bertz CT molecular complexity index is 1240. The number of nitrogens with zero attached hydrogens (tertiary/aromatic N) is 3. The van der Waals surface area contributed by atoms with Gasteiger partial charge in [-0.15, -0.1) is 0 Å². The summed E-state index contributed by atoms with van der Waals surface area (Å²) < 4.78 is 35.0. The first kappa shape index (κ1) is 23.2. The Morgan fingerprint density at radius 1 is 1.16 bits per heavy atom. The van der Waals surface area contributed by atoms with Crippen molar-refractivity contribution in [3.8, 4) is 5.75 Å². The summed E-state index contributed by atoms with van der Waals surface area (Å²) in [5.74, 6) is 0.308. The number of aromatic nitrogens is 1. The van der Waals surface area contributed by atoms with Crippen LogP contribution in [0.4, 0.5) is 0 Å². The Hall–Kier alpha value is -2.49. The first-order chi connectivity index (χ1) is 14.8. The Kier molecular flexibility index (Phi) is 7.30. The lowest BCUT2D eigenvalue weighted by molar-refractivity contribution is 0.0997. The van der Waals surface area contributed by atoms with Crippen molar-refractivity contribution in [3.05, 3.63) is 52.8 Å². The topological polar surface area (TPSA) is 81.0 Å². The average molecular weight is 462 g/mol. The molecule has 1 amide bonds. The third kappa shape index (κ3) is 4.73. The van der Waals surface area contributed by atoms with Gasteiger partial charge in [0.25, 0.3) is 5.91 Å². The maximum absolute atomic E-state index is 12.8. The van der Waals surface area contributed by atoms with Crippen LogP contribution >= 0.6 is 11.3 Å². The highest BCUT2D eigenvalue weighted by Gasteiger charge is 2.20. The quantitative estimate of drug-likeness (QED) is 0.510.